The Hall–Kier alpha value is -4.34. The largest absolute Gasteiger partial charge is 0.298 e. The molecule has 0 atom stereocenters. The number of thiophene rings is 3. The van der Waals surface area contributed by atoms with E-state index < -0.39 is 0 Å². The maximum absolute atomic E-state index is 13.3. The fourth-order valence-electron chi connectivity index (χ4n) is 6.87. The van der Waals surface area contributed by atoms with Gasteiger partial charge in [0.15, 0.2) is 11.1 Å². The van der Waals surface area contributed by atoms with Crippen LogP contribution in [0.2, 0.25) is 0 Å². The molecule has 8 nitrogen and oxygen atoms in total. The molecule has 1 spiro atoms. The maximum atomic E-state index is 13.3. The van der Waals surface area contributed by atoms with E-state index in [0.29, 0.717) is 31.5 Å². The molecule has 0 unspecified atom stereocenters. The Kier molecular flexibility index (Phi) is 8.00. The lowest BCUT2D eigenvalue weighted by molar-refractivity contribution is 0.356. The van der Waals surface area contributed by atoms with E-state index in [1.165, 1.54) is 68.5 Å². The smallest absolute Gasteiger partial charge is 0.269 e. The second-order valence-electron chi connectivity index (χ2n) is 11.3. The molecule has 1 saturated carbocycles. The SMILES string of the molecule is CCn1c(=C(C#N)C#N)s/c(=C\c2cc3c(s2)-c2sc4cc(/C=c5\sc(=C(C#N)C#N)n(CC)c5=O)sc4c2C32CCCCC2)c1=O. The van der Waals surface area contributed by atoms with Gasteiger partial charge in [-0.3, -0.25) is 18.7 Å². The number of rotatable bonds is 4. The lowest BCUT2D eigenvalue weighted by atomic mass is 9.68. The standard InChI is InChI=1S/C34H24N6O2S5/c1-3-39-30(41)24(46-32(39)18(14-35)15-36)12-20-10-22-27(43-20)29-26(34(22)8-6-5-7-9-34)28-23(45-29)11-21(44-28)13-25-31(42)40(4-2)33(47-25)19(16-37)17-38/h10-13H,3-9H2,1-2H3/b24-12-,25-13-. The summed E-state index contributed by atoms with van der Waals surface area (Å²) in [6, 6.07) is 12.1. The number of fused-ring (bicyclic) bond motifs is 7. The summed E-state index contributed by atoms with van der Waals surface area (Å²) in [6.07, 6.45) is 9.38. The molecule has 47 heavy (non-hydrogen) atoms. The van der Waals surface area contributed by atoms with E-state index in [-0.39, 0.29) is 27.7 Å². The van der Waals surface area contributed by atoms with Crippen LogP contribution in [0.1, 0.15) is 66.8 Å². The van der Waals surface area contributed by atoms with E-state index in [9.17, 15) is 30.6 Å². The number of aromatic nitrogens is 2. The Balaban J connectivity index is 1.39. The molecular weight excluding hydrogens is 685 g/mol. The summed E-state index contributed by atoms with van der Waals surface area (Å²) in [6.45, 7) is 4.43. The lowest BCUT2D eigenvalue weighted by Gasteiger charge is -2.35. The fourth-order valence-corrected chi connectivity index (χ4v) is 13.4. The molecule has 13 heteroatoms. The van der Waals surface area contributed by atoms with Crippen LogP contribution in [0.3, 0.4) is 0 Å². The van der Waals surface area contributed by atoms with Gasteiger partial charge in [0, 0.05) is 43.4 Å². The van der Waals surface area contributed by atoms with Gasteiger partial charge >= 0.3 is 0 Å². The fraction of sp³-hybridized carbons (Fsp3) is 0.294. The van der Waals surface area contributed by atoms with Gasteiger partial charge in [-0.2, -0.15) is 21.0 Å². The predicted octanol–water partition coefficient (Wildman–Crippen LogP) is 4.79. The van der Waals surface area contributed by atoms with Gasteiger partial charge in [-0.25, -0.2) is 0 Å². The zero-order valence-electron chi connectivity index (χ0n) is 25.3. The third-order valence-corrected chi connectivity index (χ3v) is 14.8. The van der Waals surface area contributed by atoms with Crippen molar-refractivity contribution in [3.05, 3.63) is 72.1 Å². The van der Waals surface area contributed by atoms with E-state index in [4.69, 9.17) is 0 Å². The van der Waals surface area contributed by atoms with Crippen molar-refractivity contribution < 1.29 is 0 Å². The van der Waals surface area contributed by atoms with Gasteiger partial charge in [0.2, 0.25) is 0 Å². The predicted molar refractivity (Wildman–Crippen MR) is 190 cm³/mol. The molecule has 5 aromatic rings. The second kappa shape index (κ2) is 12.0. The molecule has 0 saturated heterocycles. The minimum atomic E-state index is -0.190. The Morgan fingerprint density at radius 1 is 0.745 bits per heavy atom. The van der Waals surface area contributed by atoms with Crippen molar-refractivity contribution >= 4 is 89.4 Å². The molecule has 5 aromatic heterocycles. The normalized spacial score (nSPS) is 15.3. The van der Waals surface area contributed by atoms with Crippen LogP contribution >= 0.6 is 56.7 Å². The molecule has 0 amide bonds. The summed E-state index contributed by atoms with van der Waals surface area (Å²) < 4.78 is 7.25. The van der Waals surface area contributed by atoms with Crippen molar-refractivity contribution in [1.29, 1.82) is 21.0 Å². The number of hydrogen-bond acceptors (Lipinski definition) is 11. The molecule has 0 radical (unpaired) electrons. The summed E-state index contributed by atoms with van der Waals surface area (Å²) in [7, 11) is 0. The molecule has 0 N–H and O–H groups in total. The third-order valence-electron chi connectivity index (χ3n) is 8.91. The van der Waals surface area contributed by atoms with Crippen molar-refractivity contribution in [3.63, 3.8) is 0 Å². The highest BCUT2D eigenvalue weighted by molar-refractivity contribution is 7.32. The topological polar surface area (TPSA) is 139 Å². The van der Waals surface area contributed by atoms with Gasteiger partial charge < -0.3 is 0 Å². The van der Waals surface area contributed by atoms with Crippen molar-refractivity contribution in [2.24, 2.45) is 0 Å². The number of hydrogen-bond donors (Lipinski definition) is 0. The van der Waals surface area contributed by atoms with Crippen LogP contribution < -0.4 is 29.5 Å². The molecule has 1 fully saturated rings. The zero-order chi connectivity index (χ0) is 33.0. The van der Waals surface area contributed by atoms with Crippen LogP contribution in [0, 0.1) is 45.3 Å². The Bertz CT molecular complexity index is 2660. The molecule has 0 aromatic carbocycles. The highest BCUT2D eigenvalue weighted by Crippen LogP contribution is 2.63. The number of thiazole rings is 2. The van der Waals surface area contributed by atoms with E-state index in [0.717, 1.165) is 35.4 Å². The van der Waals surface area contributed by atoms with Crippen molar-refractivity contribution in [3.8, 4) is 34.0 Å². The Morgan fingerprint density at radius 3 is 1.79 bits per heavy atom. The summed E-state index contributed by atoms with van der Waals surface area (Å²) in [4.78, 5) is 31.0. The average Bonchev–Trinajstić information content (AvgIpc) is 3.90. The first kappa shape index (κ1) is 31.3. The molecule has 2 aliphatic rings. The summed E-state index contributed by atoms with van der Waals surface area (Å²) in [5.41, 5.74) is 2.14. The van der Waals surface area contributed by atoms with Crippen molar-refractivity contribution in [1.82, 2.24) is 9.13 Å². The van der Waals surface area contributed by atoms with E-state index in [2.05, 4.69) is 12.1 Å². The molecule has 7 rings (SSSR count). The quantitative estimate of drug-likeness (QED) is 0.263. The molecule has 0 bridgehead atoms. The zero-order valence-corrected chi connectivity index (χ0v) is 29.4. The van der Waals surface area contributed by atoms with Crippen LogP contribution in [0.4, 0.5) is 0 Å². The summed E-state index contributed by atoms with van der Waals surface area (Å²) >= 11 is 7.56. The van der Waals surface area contributed by atoms with Gasteiger partial charge in [0.25, 0.3) is 11.1 Å². The van der Waals surface area contributed by atoms with Crippen LogP contribution in [0.5, 0.6) is 0 Å². The second-order valence-corrected chi connectivity index (χ2v) is 16.6. The summed E-state index contributed by atoms with van der Waals surface area (Å²) in [5.74, 6) is 0. The molecular formula is C34H24N6O2S5. The van der Waals surface area contributed by atoms with Gasteiger partial charge in [-0.15, -0.1) is 56.7 Å². The first-order chi connectivity index (χ1) is 22.8. The van der Waals surface area contributed by atoms with E-state index in [1.54, 1.807) is 34.0 Å². The van der Waals surface area contributed by atoms with Gasteiger partial charge in [-0.1, -0.05) is 19.3 Å². The third kappa shape index (κ3) is 4.73. The van der Waals surface area contributed by atoms with Crippen LogP contribution in [0.25, 0.3) is 42.5 Å². The van der Waals surface area contributed by atoms with E-state index in [1.807, 2.05) is 50.3 Å². The minimum absolute atomic E-state index is 0.0497. The van der Waals surface area contributed by atoms with Crippen LogP contribution in [-0.2, 0) is 18.5 Å². The molecule has 0 aliphatic heterocycles. The molecule has 2 aliphatic carbocycles. The number of nitrogens with zero attached hydrogens (tertiary/aromatic N) is 6. The molecule has 232 valence electrons. The summed E-state index contributed by atoms with van der Waals surface area (Å²) in [5, 5.41) is 37.7. The first-order valence-electron chi connectivity index (χ1n) is 15.1. The first-order valence-corrected chi connectivity index (χ1v) is 19.1. The van der Waals surface area contributed by atoms with Crippen LogP contribution in [-0.4, -0.2) is 9.13 Å². The van der Waals surface area contributed by atoms with Crippen molar-refractivity contribution in [2.45, 2.75) is 64.5 Å². The van der Waals surface area contributed by atoms with E-state index >= 15 is 0 Å². The number of nitriles is 4. The van der Waals surface area contributed by atoms with Crippen molar-refractivity contribution in [2.75, 3.05) is 0 Å². The van der Waals surface area contributed by atoms with Gasteiger partial charge in [0.05, 0.1) is 18.6 Å². The highest BCUT2D eigenvalue weighted by atomic mass is 32.1. The monoisotopic (exact) mass is 708 g/mol. The van der Waals surface area contributed by atoms with Gasteiger partial charge in [0.1, 0.15) is 33.6 Å². The Morgan fingerprint density at radius 2 is 1.28 bits per heavy atom. The minimum Gasteiger partial charge on any atom is -0.298 e. The maximum Gasteiger partial charge on any atom is 0.269 e. The average molecular weight is 709 g/mol. The van der Waals surface area contributed by atoms with Gasteiger partial charge in [-0.05, 0) is 56.5 Å². The Labute approximate surface area is 288 Å². The highest BCUT2D eigenvalue weighted by Gasteiger charge is 2.47. The molecule has 5 heterocycles. The lowest BCUT2D eigenvalue weighted by Crippen LogP contribution is -2.31. The van der Waals surface area contributed by atoms with Crippen LogP contribution in [0.15, 0.2) is 21.7 Å².